The molecule has 0 spiro atoms. The van der Waals surface area contributed by atoms with Crippen LogP contribution in [0.2, 0.25) is 0 Å². The van der Waals surface area contributed by atoms with Crippen molar-refractivity contribution in [1.82, 2.24) is 20.0 Å². The van der Waals surface area contributed by atoms with Crippen LogP contribution in [0.1, 0.15) is 11.1 Å². The number of rotatable bonds is 2. The van der Waals surface area contributed by atoms with E-state index in [4.69, 9.17) is 22.4 Å². The predicted octanol–water partition coefficient (Wildman–Crippen LogP) is 2.78. The van der Waals surface area contributed by atoms with Gasteiger partial charge < -0.3 is 10.2 Å². The van der Waals surface area contributed by atoms with Gasteiger partial charge >= 0.3 is 0 Å². The van der Waals surface area contributed by atoms with Crippen LogP contribution in [0.5, 0.6) is 0 Å². The molecule has 0 bridgehead atoms. The van der Waals surface area contributed by atoms with E-state index < -0.39 is 0 Å². The summed E-state index contributed by atoms with van der Waals surface area (Å²) in [6, 6.07) is 6.03. The summed E-state index contributed by atoms with van der Waals surface area (Å²) in [5.74, 6) is 0.793. The van der Waals surface area contributed by atoms with Gasteiger partial charge in [-0.15, -0.1) is 5.10 Å². The van der Waals surface area contributed by atoms with Crippen molar-refractivity contribution >= 4 is 18.0 Å². The van der Waals surface area contributed by atoms with E-state index >= 15 is 0 Å². The van der Waals surface area contributed by atoms with E-state index in [1.807, 2.05) is 25.1 Å². The lowest BCUT2D eigenvalue weighted by Crippen LogP contribution is -2.03. The molecule has 0 radical (unpaired) electrons. The van der Waals surface area contributed by atoms with Crippen molar-refractivity contribution in [2.45, 2.75) is 13.8 Å². The molecule has 2 aromatic heterocycles. The molecule has 1 aromatic carbocycles. The molecule has 20 heavy (non-hydrogen) atoms. The summed E-state index contributed by atoms with van der Waals surface area (Å²) >= 11 is 4.86. The van der Waals surface area contributed by atoms with Crippen LogP contribution in [0.15, 0.2) is 28.8 Å². The van der Waals surface area contributed by atoms with Gasteiger partial charge in [0.05, 0.1) is 11.9 Å². The Morgan fingerprint density at radius 2 is 2.10 bits per heavy atom. The van der Waals surface area contributed by atoms with Gasteiger partial charge in [-0.3, -0.25) is 0 Å². The van der Waals surface area contributed by atoms with E-state index in [1.54, 1.807) is 10.9 Å². The van der Waals surface area contributed by atoms with Gasteiger partial charge in [0.2, 0.25) is 0 Å². The van der Waals surface area contributed by atoms with E-state index in [1.165, 1.54) is 11.1 Å². The molecule has 0 aliphatic rings. The van der Waals surface area contributed by atoms with E-state index in [0.29, 0.717) is 17.3 Å². The number of aromatic amines is 1. The number of anilines is 1. The van der Waals surface area contributed by atoms with Crippen molar-refractivity contribution in [2.24, 2.45) is 0 Å². The molecule has 0 unspecified atom stereocenters. The lowest BCUT2D eigenvalue weighted by atomic mass is 10.1. The van der Waals surface area contributed by atoms with Crippen LogP contribution >= 0.6 is 12.2 Å². The van der Waals surface area contributed by atoms with E-state index in [9.17, 15) is 0 Å². The first-order valence-electron chi connectivity index (χ1n) is 6.03. The van der Waals surface area contributed by atoms with E-state index in [0.717, 1.165) is 5.69 Å². The minimum absolute atomic E-state index is 0.207. The maximum atomic E-state index is 6.12. The molecule has 6 nitrogen and oxygen atoms in total. The number of H-pyrrole nitrogens is 1. The Morgan fingerprint density at radius 3 is 2.75 bits per heavy atom. The molecular weight excluding hydrogens is 274 g/mol. The fraction of sp³-hybridized carbons (Fsp3) is 0.154. The molecule has 0 fully saturated rings. The summed E-state index contributed by atoms with van der Waals surface area (Å²) in [5.41, 5.74) is 10.0. The molecule has 0 saturated carbocycles. The molecule has 3 aromatic rings. The maximum Gasteiger partial charge on any atom is 0.284 e. The summed E-state index contributed by atoms with van der Waals surface area (Å²) in [6.45, 7) is 4.11. The third kappa shape index (κ3) is 2.01. The lowest BCUT2D eigenvalue weighted by molar-refractivity contribution is 0.552. The van der Waals surface area contributed by atoms with Gasteiger partial charge in [-0.25, -0.2) is 9.78 Å². The Balaban J connectivity index is 2.10. The third-order valence-corrected chi connectivity index (χ3v) is 3.38. The van der Waals surface area contributed by atoms with Gasteiger partial charge in [0.15, 0.2) is 0 Å². The topological polar surface area (TPSA) is 85.7 Å². The number of hydrogen-bond acceptors (Lipinski definition) is 5. The molecule has 3 N–H and O–H groups in total. The SMILES string of the molecule is Cc1ccc(-n2ncc(-c3n[nH]c(=S)o3)c2N)cc1C. The highest BCUT2D eigenvalue weighted by Gasteiger charge is 2.15. The maximum absolute atomic E-state index is 6.12. The van der Waals surface area contributed by atoms with Crippen molar-refractivity contribution < 1.29 is 4.42 Å². The number of nitrogen functional groups attached to an aromatic ring is 1. The number of benzene rings is 1. The first-order valence-corrected chi connectivity index (χ1v) is 6.44. The zero-order valence-corrected chi connectivity index (χ0v) is 11.9. The van der Waals surface area contributed by atoms with Crippen LogP contribution < -0.4 is 5.73 Å². The zero-order valence-electron chi connectivity index (χ0n) is 11.0. The second-order valence-electron chi connectivity index (χ2n) is 4.54. The summed E-state index contributed by atoms with van der Waals surface area (Å²) in [6.07, 6.45) is 1.61. The molecule has 0 atom stereocenters. The first-order chi connectivity index (χ1) is 9.56. The van der Waals surface area contributed by atoms with Gasteiger partial charge in [-0.05, 0) is 49.3 Å². The summed E-state index contributed by atoms with van der Waals surface area (Å²) in [7, 11) is 0. The van der Waals surface area contributed by atoms with Crippen LogP contribution in [0, 0.1) is 18.7 Å². The Hall–Kier alpha value is -2.41. The van der Waals surface area contributed by atoms with E-state index in [2.05, 4.69) is 22.2 Å². The average Bonchev–Trinajstić information content (AvgIpc) is 2.99. The second-order valence-corrected chi connectivity index (χ2v) is 4.91. The molecule has 7 heteroatoms. The van der Waals surface area contributed by atoms with E-state index in [-0.39, 0.29) is 4.84 Å². The zero-order chi connectivity index (χ0) is 14.3. The van der Waals surface area contributed by atoms with Gasteiger partial charge in [0.1, 0.15) is 11.4 Å². The van der Waals surface area contributed by atoms with Crippen molar-refractivity contribution in [3.8, 4) is 17.1 Å². The quantitative estimate of drug-likeness (QED) is 0.708. The highest BCUT2D eigenvalue weighted by molar-refractivity contribution is 7.71. The molecule has 2 heterocycles. The highest BCUT2D eigenvalue weighted by atomic mass is 32.1. The molecule has 0 aliphatic carbocycles. The van der Waals surface area contributed by atoms with Gasteiger partial charge in [-0.2, -0.15) is 5.10 Å². The highest BCUT2D eigenvalue weighted by Crippen LogP contribution is 2.26. The number of nitrogens with one attached hydrogen (secondary N) is 1. The minimum atomic E-state index is 0.207. The molecular formula is C13H13N5OS. The van der Waals surface area contributed by atoms with Crippen molar-refractivity contribution in [2.75, 3.05) is 5.73 Å². The van der Waals surface area contributed by atoms with Crippen molar-refractivity contribution in [1.29, 1.82) is 0 Å². The molecule has 102 valence electrons. The molecule has 0 saturated heterocycles. The predicted molar refractivity (Wildman–Crippen MR) is 78.1 cm³/mol. The number of hydrogen-bond donors (Lipinski definition) is 2. The van der Waals surface area contributed by atoms with Gasteiger partial charge in [0.25, 0.3) is 10.7 Å². The van der Waals surface area contributed by atoms with Gasteiger partial charge in [-0.1, -0.05) is 6.07 Å². The molecule has 3 rings (SSSR count). The van der Waals surface area contributed by atoms with Crippen LogP contribution in [0.3, 0.4) is 0 Å². The lowest BCUT2D eigenvalue weighted by Gasteiger charge is -2.07. The third-order valence-electron chi connectivity index (χ3n) is 3.21. The number of nitrogens with zero attached hydrogens (tertiary/aromatic N) is 3. The fourth-order valence-corrected chi connectivity index (χ4v) is 2.06. The van der Waals surface area contributed by atoms with Gasteiger partial charge in [0, 0.05) is 0 Å². The monoisotopic (exact) mass is 287 g/mol. The van der Waals surface area contributed by atoms with Crippen molar-refractivity contribution in [3.05, 3.63) is 40.4 Å². The average molecular weight is 287 g/mol. The normalized spacial score (nSPS) is 10.9. The Bertz CT molecular complexity index is 829. The molecule has 0 aliphatic heterocycles. The first kappa shape index (κ1) is 12.6. The van der Waals surface area contributed by atoms with Crippen LogP contribution in [0.4, 0.5) is 5.82 Å². The van der Waals surface area contributed by atoms with Crippen molar-refractivity contribution in [3.63, 3.8) is 0 Å². The summed E-state index contributed by atoms with van der Waals surface area (Å²) < 4.78 is 6.91. The van der Waals surface area contributed by atoms with Crippen LogP contribution in [0.25, 0.3) is 17.1 Å². The number of aryl methyl sites for hydroxylation is 2. The largest absolute Gasteiger partial charge is 0.409 e. The number of nitrogens with two attached hydrogens (primary N) is 1. The molecule has 0 amide bonds. The second kappa shape index (κ2) is 4.61. The Kier molecular flexibility index (Phi) is 2.90. The standard InChI is InChI=1S/C13H13N5OS/c1-7-3-4-9(5-8(7)2)18-11(14)10(6-15-18)12-16-17-13(20)19-12/h3-6H,14H2,1-2H3,(H,17,20). The Labute approximate surface area is 120 Å². The number of aromatic nitrogens is 4. The smallest absolute Gasteiger partial charge is 0.284 e. The Morgan fingerprint density at radius 1 is 1.30 bits per heavy atom. The van der Waals surface area contributed by atoms with Crippen LogP contribution in [-0.4, -0.2) is 20.0 Å². The van der Waals surface area contributed by atoms with Crippen LogP contribution in [-0.2, 0) is 0 Å². The fourth-order valence-electron chi connectivity index (χ4n) is 1.93. The summed E-state index contributed by atoms with van der Waals surface area (Å²) in [4.78, 5) is 0.207. The summed E-state index contributed by atoms with van der Waals surface area (Å²) in [5, 5.41) is 10.8. The minimum Gasteiger partial charge on any atom is -0.409 e.